The molecule has 1 aromatic carbocycles. The number of para-hydroxylation sites is 1. The van der Waals surface area contributed by atoms with Crippen LogP contribution in [0.25, 0.3) is 0 Å². The van der Waals surface area contributed by atoms with Crippen molar-refractivity contribution in [2.75, 3.05) is 5.75 Å². The molecule has 0 bridgehead atoms. The standard InChI is InChI=1S/C12H11NOS2/c1-2-16-9-10(8-13)12(15)14-11-6-4-3-5-7-11/h3-7,9H,2H2,1H3. The minimum Gasteiger partial charge on any atom is -0.444 e. The highest BCUT2D eigenvalue weighted by atomic mass is 32.2. The first kappa shape index (κ1) is 12.8. The largest absolute Gasteiger partial charge is 0.444 e. The molecule has 0 aromatic heterocycles. The molecule has 0 heterocycles. The van der Waals surface area contributed by atoms with Crippen molar-refractivity contribution in [3.05, 3.63) is 41.3 Å². The predicted octanol–water partition coefficient (Wildman–Crippen LogP) is 3.55. The first-order chi connectivity index (χ1) is 7.77. The Kier molecular flexibility index (Phi) is 5.62. The molecule has 16 heavy (non-hydrogen) atoms. The molecule has 1 rings (SSSR count). The van der Waals surface area contributed by atoms with Crippen molar-refractivity contribution in [3.8, 4) is 11.8 Å². The lowest BCUT2D eigenvalue weighted by atomic mass is 10.3. The van der Waals surface area contributed by atoms with Crippen molar-refractivity contribution in [2.24, 2.45) is 0 Å². The fraction of sp³-hybridized carbons (Fsp3) is 0.167. The molecule has 0 saturated heterocycles. The van der Waals surface area contributed by atoms with Crippen LogP contribution in [0.3, 0.4) is 0 Å². The van der Waals surface area contributed by atoms with E-state index in [1.807, 2.05) is 31.2 Å². The molecule has 82 valence electrons. The summed E-state index contributed by atoms with van der Waals surface area (Å²) in [5.41, 5.74) is 0.394. The highest BCUT2D eigenvalue weighted by Crippen LogP contribution is 2.14. The van der Waals surface area contributed by atoms with E-state index in [1.54, 1.807) is 17.5 Å². The molecular formula is C12H11NOS2. The van der Waals surface area contributed by atoms with Gasteiger partial charge in [-0.15, -0.1) is 11.8 Å². The normalized spacial score (nSPS) is 10.6. The van der Waals surface area contributed by atoms with E-state index >= 15 is 0 Å². The monoisotopic (exact) mass is 249 g/mol. The maximum Gasteiger partial charge on any atom is 0.209 e. The van der Waals surface area contributed by atoms with Crippen molar-refractivity contribution >= 4 is 29.0 Å². The van der Waals surface area contributed by atoms with Gasteiger partial charge in [0.15, 0.2) is 0 Å². The van der Waals surface area contributed by atoms with E-state index in [2.05, 4.69) is 0 Å². The quantitative estimate of drug-likeness (QED) is 0.464. The van der Waals surface area contributed by atoms with Gasteiger partial charge in [0.05, 0.1) is 0 Å². The van der Waals surface area contributed by atoms with Crippen LogP contribution in [0.2, 0.25) is 0 Å². The fourth-order valence-electron chi connectivity index (χ4n) is 0.937. The number of benzene rings is 1. The Hall–Kier alpha value is -1.31. The number of thiocarbonyl (C=S) groups is 1. The third kappa shape index (κ3) is 4.05. The van der Waals surface area contributed by atoms with E-state index in [1.165, 1.54) is 11.8 Å². The minimum atomic E-state index is 0.217. The highest BCUT2D eigenvalue weighted by molar-refractivity contribution is 8.02. The van der Waals surface area contributed by atoms with Crippen LogP contribution in [-0.2, 0) is 0 Å². The van der Waals surface area contributed by atoms with Crippen LogP contribution in [-0.4, -0.2) is 10.8 Å². The van der Waals surface area contributed by atoms with Crippen molar-refractivity contribution in [1.29, 1.82) is 5.26 Å². The second-order valence-corrected chi connectivity index (χ2v) is 4.32. The first-order valence-electron chi connectivity index (χ1n) is 4.77. The molecule has 2 nitrogen and oxygen atoms in total. The van der Waals surface area contributed by atoms with Gasteiger partial charge >= 0.3 is 0 Å². The van der Waals surface area contributed by atoms with Gasteiger partial charge in [0.25, 0.3) is 0 Å². The van der Waals surface area contributed by atoms with E-state index in [0.29, 0.717) is 11.3 Å². The Balaban J connectivity index is 2.68. The van der Waals surface area contributed by atoms with Crippen LogP contribution in [0.1, 0.15) is 6.92 Å². The molecule has 4 heteroatoms. The summed E-state index contributed by atoms with van der Waals surface area (Å²) in [6.07, 6.45) is 0. The number of nitrogens with zero attached hydrogens (tertiary/aromatic N) is 1. The second kappa shape index (κ2) is 7.04. The predicted molar refractivity (Wildman–Crippen MR) is 71.5 cm³/mol. The molecule has 0 spiro atoms. The molecule has 0 radical (unpaired) electrons. The zero-order valence-corrected chi connectivity index (χ0v) is 10.5. The van der Waals surface area contributed by atoms with E-state index in [0.717, 1.165) is 5.75 Å². The van der Waals surface area contributed by atoms with Crippen LogP contribution >= 0.6 is 24.0 Å². The van der Waals surface area contributed by atoms with Gasteiger partial charge in [-0.25, -0.2) is 0 Å². The Labute approximate surface area is 105 Å². The molecule has 0 unspecified atom stereocenters. The second-order valence-electron chi connectivity index (χ2n) is 2.80. The minimum absolute atomic E-state index is 0.217. The zero-order valence-electron chi connectivity index (χ0n) is 8.84. The molecule has 0 aliphatic heterocycles. The van der Waals surface area contributed by atoms with Gasteiger partial charge in [0.1, 0.15) is 17.4 Å². The van der Waals surface area contributed by atoms with Crippen molar-refractivity contribution in [3.63, 3.8) is 0 Å². The molecule has 0 amide bonds. The van der Waals surface area contributed by atoms with Gasteiger partial charge < -0.3 is 4.74 Å². The molecular weight excluding hydrogens is 238 g/mol. The van der Waals surface area contributed by atoms with Gasteiger partial charge in [0.2, 0.25) is 5.05 Å². The third-order valence-corrected chi connectivity index (χ3v) is 2.70. The van der Waals surface area contributed by atoms with Crippen LogP contribution in [0.15, 0.2) is 41.3 Å². The molecule has 0 atom stereocenters. The van der Waals surface area contributed by atoms with Crippen LogP contribution in [0.4, 0.5) is 0 Å². The van der Waals surface area contributed by atoms with E-state index in [4.69, 9.17) is 22.2 Å². The zero-order chi connectivity index (χ0) is 11.8. The van der Waals surface area contributed by atoms with Gasteiger partial charge in [-0.3, -0.25) is 0 Å². The third-order valence-electron chi connectivity index (χ3n) is 1.66. The summed E-state index contributed by atoms with van der Waals surface area (Å²) in [7, 11) is 0. The Bertz CT molecular complexity index is 420. The summed E-state index contributed by atoms with van der Waals surface area (Å²) in [6.45, 7) is 2.01. The summed E-state index contributed by atoms with van der Waals surface area (Å²) in [4.78, 5) is 0. The van der Waals surface area contributed by atoms with Crippen molar-refractivity contribution in [2.45, 2.75) is 6.92 Å². The topological polar surface area (TPSA) is 33.0 Å². The molecule has 0 aliphatic carbocycles. The van der Waals surface area contributed by atoms with Crippen LogP contribution in [0, 0.1) is 11.3 Å². The SMILES string of the molecule is CCSC=C(C#N)C(=S)Oc1ccccc1. The van der Waals surface area contributed by atoms with Gasteiger partial charge in [-0.05, 0) is 35.5 Å². The summed E-state index contributed by atoms with van der Waals surface area (Å²) in [5, 5.41) is 10.8. The summed E-state index contributed by atoms with van der Waals surface area (Å²) in [6, 6.07) is 11.2. The van der Waals surface area contributed by atoms with Crippen molar-refractivity contribution < 1.29 is 4.74 Å². The average Bonchev–Trinajstić information content (AvgIpc) is 2.31. The fourth-order valence-corrected chi connectivity index (χ4v) is 1.71. The molecule has 0 fully saturated rings. The average molecular weight is 249 g/mol. The molecule has 1 aromatic rings. The maximum atomic E-state index is 8.90. The first-order valence-corrected chi connectivity index (χ1v) is 6.22. The smallest absolute Gasteiger partial charge is 0.209 e. The Morgan fingerprint density at radius 3 is 2.75 bits per heavy atom. The van der Waals surface area contributed by atoms with Gasteiger partial charge in [-0.2, -0.15) is 5.26 Å². The number of nitriles is 1. The number of rotatable bonds is 4. The lowest BCUT2D eigenvalue weighted by Gasteiger charge is -2.04. The number of hydrogen-bond acceptors (Lipinski definition) is 4. The molecule has 0 N–H and O–H groups in total. The lowest BCUT2D eigenvalue weighted by molar-refractivity contribution is 0.567. The van der Waals surface area contributed by atoms with E-state index in [9.17, 15) is 0 Å². The van der Waals surface area contributed by atoms with E-state index < -0.39 is 0 Å². The number of ether oxygens (including phenoxy) is 1. The van der Waals surface area contributed by atoms with Crippen LogP contribution in [0.5, 0.6) is 5.75 Å². The Morgan fingerprint density at radius 2 is 2.19 bits per heavy atom. The number of hydrogen-bond donors (Lipinski definition) is 0. The lowest BCUT2D eigenvalue weighted by Crippen LogP contribution is -2.07. The Morgan fingerprint density at radius 1 is 1.50 bits per heavy atom. The van der Waals surface area contributed by atoms with E-state index in [-0.39, 0.29) is 5.05 Å². The van der Waals surface area contributed by atoms with Gasteiger partial charge in [-0.1, -0.05) is 25.1 Å². The summed E-state index contributed by atoms with van der Waals surface area (Å²) < 4.78 is 5.39. The van der Waals surface area contributed by atoms with Crippen molar-refractivity contribution in [1.82, 2.24) is 0 Å². The summed E-state index contributed by atoms with van der Waals surface area (Å²) >= 11 is 6.57. The van der Waals surface area contributed by atoms with Crippen LogP contribution < -0.4 is 4.74 Å². The number of thioether (sulfide) groups is 1. The molecule has 0 aliphatic rings. The van der Waals surface area contributed by atoms with Gasteiger partial charge in [0, 0.05) is 0 Å². The highest BCUT2D eigenvalue weighted by Gasteiger charge is 2.06. The summed E-state index contributed by atoms with van der Waals surface area (Å²) in [5.74, 6) is 1.55. The maximum absolute atomic E-state index is 8.90. The molecule has 0 saturated carbocycles.